The molecule has 3 amide bonds. The van der Waals surface area contributed by atoms with Crippen LogP contribution in [0.4, 0.5) is 0 Å². The molecule has 7 heteroatoms. The number of amides is 3. The molecule has 3 aliphatic heterocycles. The average molecular weight is 404 g/mol. The second-order valence-electron chi connectivity index (χ2n) is 8.51. The van der Waals surface area contributed by atoms with E-state index in [1.54, 1.807) is 36.1 Å². The molecule has 0 aliphatic carbocycles. The van der Waals surface area contributed by atoms with Gasteiger partial charge in [-0.1, -0.05) is 11.6 Å². The van der Waals surface area contributed by atoms with E-state index in [1.807, 2.05) is 16.8 Å². The van der Waals surface area contributed by atoms with E-state index in [0.717, 1.165) is 25.8 Å². The lowest BCUT2D eigenvalue weighted by Gasteiger charge is -2.46. The summed E-state index contributed by atoms with van der Waals surface area (Å²) in [5.41, 5.74) is -0.108. The topological polar surface area (TPSA) is 60.9 Å². The molecule has 28 heavy (non-hydrogen) atoms. The highest BCUT2D eigenvalue weighted by Crippen LogP contribution is 2.57. The number of rotatable bonds is 1. The fourth-order valence-corrected chi connectivity index (χ4v) is 5.54. The molecule has 6 nitrogen and oxygen atoms in total. The third-order valence-corrected chi connectivity index (χ3v) is 7.40. The van der Waals surface area contributed by atoms with Crippen molar-refractivity contribution in [1.29, 1.82) is 0 Å². The van der Waals surface area contributed by atoms with E-state index in [1.165, 1.54) is 0 Å². The van der Waals surface area contributed by atoms with Gasteiger partial charge >= 0.3 is 0 Å². The van der Waals surface area contributed by atoms with Gasteiger partial charge in [0.25, 0.3) is 5.91 Å². The van der Waals surface area contributed by atoms with Gasteiger partial charge in [-0.05, 0) is 43.5 Å². The Morgan fingerprint density at radius 1 is 0.964 bits per heavy atom. The van der Waals surface area contributed by atoms with Crippen molar-refractivity contribution in [2.24, 2.45) is 10.8 Å². The van der Waals surface area contributed by atoms with Crippen LogP contribution >= 0.6 is 11.6 Å². The van der Waals surface area contributed by atoms with E-state index in [9.17, 15) is 14.4 Å². The van der Waals surface area contributed by atoms with Crippen LogP contribution in [0.5, 0.6) is 0 Å². The summed E-state index contributed by atoms with van der Waals surface area (Å²) in [4.78, 5) is 43.6. The van der Waals surface area contributed by atoms with Crippen LogP contribution < -0.4 is 0 Å². The van der Waals surface area contributed by atoms with Gasteiger partial charge < -0.3 is 14.7 Å². The third kappa shape index (κ3) is 2.81. The van der Waals surface area contributed by atoms with Gasteiger partial charge in [-0.15, -0.1) is 0 Å². The molecule has 0 bridgehead atoms. The highest BCUT2D eigenvalue weighted by Gasteiger charge is 2.65. The summed E-state index contributed by atoms with van der Waals surface area (Å²) in [5.74, 6) is 0.184. The SMILES string of the molecule is CC(=O)N1CC2(CCN(C(=O)c3ccc(Cl)cc3)CC2)[C@@]2(CCN(C)C2=O)C1. The summed E-state index contributed by atoms with van der Waals surface area (Å²) < 4.78 is 0. The standard InChI is InChI=1S/C21H26ClN3O3/c1-15(26)25-13-20(21(14-25)9-10-23(2)19(21)28)7-11-24(12-8-20)18(27)16-3-5-17(22)6-4-16/h3-6H,7-14H2,1-2H3/t21-/m0/s1. The number of carbonyl (C=O) groups excluding carboxylic acids is 3. The number of hydrogen-bond donors (Lipinski definition) is 0. The van der Waals surface area contributed by atoms with Crippen LogP contribution in [0.25, 0.3) is 0 Å². The summed E-state index contributed by atoms with van der Waals surface area (Å²) >= 11 is 5.92. The maximum atomic E-state index is 13.1. The molecule has 1 aromatic carbocycles. The van der Waals surface area contributed by atoms with Crippen molar-refractivity contribution >= 4 is 29.3 Å². The second kappa shape index (κ2) is 6.76. The zero-order valence-corrected chi connectivity index (χ0v) is 17.2. The number of fused-ring (bicyclic) bond motifs is 1. The Hall–Kier alpha value is -2.08. The fourth-order valence-electron chi connectivity index (χ4n) is 5.41. The largest absolute Gasteiger partial charge is 0.345 e. The van der Waals surface area contributed by atoms with Crippen LogP contribution in [0.1, 0.15) is 36.5 Å². The van der Waals surface area contributed by atoms with Gasteiger partial charge in [0.15, 0.2) is 0 Å². The number of halogens is 1. The van der Waals surface area contributed by atoms with Crippen LogP contribution in [-0.4, -0.2) is 72.2 Å². The van der Waals surface area contributed by atoms with Gasteiger partial charge in [0, 0.05) is 62.7 Å². The Morgan fingerprint density at radius 2 is 1.61 bits per heavy atom. The molecule has 0 aromatic heterocycles. The van der Waals surface area contributed by atoms with Gasteiger partial charge in [-0.2, -0.15) is 0 Å². The molecule has 4 rings (SSSR count). The zero-order valence-electron chi connectivity index (χ0n) is 16.4. The third-order valence-electron chi connectivity index (χ3n) is 7.14. The Kier molecular flexibility index (Phi) is 4.65. The van der Waals surface area contributed by atoms with Crippen molar-refractivity contribution in [1.82, 2.24) is 14.7 Å². The molecule has 0 radical (unpaired) electrons. The zero-order chi connectivity index (χ0) is 20.1. The van der Waals surface area contributed by atoms with Crippen molar-refractivity contribution in [3.05, 3.63) is 34.9 Å². The van der Waals surface area contributed by atoms with E-state index in [0.29, 0.717) is 36.8 Å². The van der Waals surface area contributed by atoms with Crippen LogP contribution in [0.2, 0.25) is 5.02 Å². The van der Waals surface area contributed by atoms with Crippen LogP contribution in [0.15, 0.2) is 24.3 Å². The number of piperidine rings is 1. The quantitative estimate of drug-likeness (QED) is 0.722. The van der Waals surface area contributed by atoms with E-state index in [-0.39, 0.29) is 23.1 Å². The number of carbonyl (C=O) groups is 3. The molecule has 0 saturated carbocycles. The van der Waals surface area contributed by atoms with Crippen LogP contribution in [-0.2, 0) is 9.59 Å². The van der Waals surface area contributed by atoms with Crippen molar-refractivity contribution < 1.29 is 14.4 Å². The molecule has 3 saturated heterocycles. The van der Waals surface area contributed by atoms with Crippen LogP contribution in [0, 0.1) is 10.8 Å². The van der Waals surface area contributed by atoms with Gasteiger partial charge in [0.1, 0.15) is 0 Å². The second-order valence-corrected chi connectivity index (χ2v) is 8.95. The monoisotopic (exact) mass is 403 g/mol. The molecule has 1 aromatic rings. The predicted octanol–water partition coefficient (Wildman–Crippen LogP) is 2.27. The average Bonchev–Trinajstić information content (AvgIpc) is 3.16. The molecule has 0 N–H and O–H groups in total. The minimum absolute atomic E-state index is 0.00291. The molecular weight excluding hydrogens is 378 g/mol. The summed E-state index contributed by atoms with van der Waals surface area (Å²) in [5, 5.41) is 0.607. The molecule has 1 atom stereocenters. The number of likely N-dealkylation sites (tertiary alicyclic amines) is 3. The highest BCUT2D eigenvalue weighted by molar-refractivity contribution is 6.30. The van der Waals surface area contributed by atoms with Crippen molar-refractivity contribution in [3.8, 4) is 0 Å². The molecule has 0 unspecified atom stereocenters. The molecule has 3 aliphatic rings. The predicted molar refractivity (Wildman–Crippen MR) is 106 cm³/mol. The molecule has 150 valence electrons. The Morgan fingerprint density at radius 3 is 2.14 bits per heavy atom. The molecular formula is C21H26ClN3O3. The Bertz CT molecular complexity index is 817. The normalized spacial score (nSPS) is 26.5. The van der Waals surface area contributed by atoms with Crippen molar-refractivity contribution in [2.45, 2.75) is 26.2 Å². The first-order valence-electron chi connectivity index (χ1n) is 9.84. The van der Waals surface area contributed by atoms with E-state index < -0.39 is 5.41 Å². The smallest absolute Gasteiger partial charge is 0.253 e. The lowest BCUT2D eigenvalue weighted by Crippen LogP contribution is -2.53. The molecule has 2 spiro atoms. The first-order chi connectivity index (χ1) is 13.3. The minimum atomic E-state index is -0.497. The van der Waals surface area contributed by atoms with Gasteiger partial charge in [-0.25, -0.2) is 0 Å². The van der Waals surface area contributed by atoms with Gasteiger partial charge in [0.2, 0.25) is 11.8 Å². The summed E-state index contributed by atoms with van der Waals surface area (Å²) in [6, 6.07) is 6.95. The summed E-state index contributed by atoms with van der Waals surface area (Å²) in [6.07, 6.45) is 2.28. The summed E-state index contributed by atoms with van der Waals surface area (Å²) in [6.45, 7) is 4.65. The Balaban J connectivity index is 1.56. The lowest BCUT2D eigenvalue weighted by molar-refractivity contribution is -0.141. The van der Waals surface area contributed by atoms with E-state index in [4.69, 9.17) is 11.6 Å². The molecule has 3 fully saturated rings. The van der Waals surface area contributed by atoms with Gasteiger partial charge in [-0.3, -0.25) is 14.4 Å². The van der Waals surface area contributed by atoms with Crippen LogP contribution in [0.3, 0.4) is 0 Å². The van der Waals surface area contributed by atoms with E-state index in [2.05, 4.69) is 0 Å². The number of hydrogen-bond acceptors (Lipinski definition) is 3. The highest BCUT2D eigenvalue weighted by atomic mass is 35.5. The first-order valence-corrected chi connectivity index (χ1v) is 10.2. The minimum Gasteiger partial charge on any atom is -0.345 e. The number of benzene rings is 1. The fraction of sp³-hybridized carbons (Fsp3) is 0.571. The lowest BCUT2D eigenvalue weighted by atomic mass is 9.60. The first kappa shape index (κ1) is 19.2. The number of nitrogens with zero attached hydrogens (tertiary/aromatic N) is 3. The molecule has 3 heterocycles. The maximum Gasteiger partial charge on any atom is 0.253 e. The Labute approximate surface area is 170 Å². The van der Waals surface area contributed by atoms with Crippen molar-refractivity contribution in [3.63, 3.8) is 0 Å². The van der Waals surface area contributed by atoms with E-state index >= 15 is 0 Å². The summed E-state index contributed by atoms with van der Waals surface area (Å²) in [7, 11) is 1.85. The van der Waals surface area contributed by atoms with Gasteiger partial charge in [0.05, 0.1) is 5.41 Å². The maximum absolute atomic E-state index is 13.1. The van der Waals surface area contributed by atoms with Crippen molar-refractivity contribution in [2.75, 3.05) is 39.8 Å².